The molecule has 23 heavy (non-hydrogen) atoms. The Morgan fingerprint density at radius 3 is 2.35 bits per heavy atom. The lowest BCUT2D eigenvalue weighted by Gasteiger charge is -2.17. The molecule has 124 valence electrons. The molecular formula is C20H27NO2. The van der Waals surface area contributed by atoms with Gasteiger partial charge in [0.15, 0.2) is 11.5 Å². The highest BCUT2D eigenvalue weighted by atomic mass is 16.5. The highest BCUT2D eigenvalue weighted by molar-refractivity contribution is 5.43. The summed E-state index contributed by atoms with van der Waals surface area (Å²) >= 11 is 0. The van der Waals surface area contributed by atoms with Crippen molar-refractivity contribution in [2.75, 3.05) is 6.61 Å². The van der Waals surface area contributed by atoms with Crippen molar-refractivity contribution < 1.29 is 9.47 Å². The Balaban J connectivity index is 2.03. The Morgan fingerprint density at radius 1 is 0.957 bits per heavy atom. The summed E-state index contributed by atoms with van der Waals surface area (Å²) in [5, 5.41) is 3.55. The van der Waals surface area contributed by atoms with Gasteiger partial charge in [0.25, 0.3) is 0 Å². The molecule has 2 aromatic carbocycles. The SMILES string of the molecule is CCOc1cc(CN[C@H](C)c2ccccc2)ccc1OC(C)C. The zero-order valence-corrected chi connectivity index (χ0v) is 14.5. The summed E-state index contributed by atoms with van der Waals surface area (Å²) in [6.45, 7) is 9.62. The number of rotatable bonds is 8. The summed E-state index contributed by atoms with van der Waals surface area (Å²) in [6, 6.07) is 16.9. The molecule has 0 aliphatic rings. The van der Waals surface area contributed by atoms with E-state index in [4.69, 9.17) is 9.47 Å². The van der Waals surface area contributed by atoms with E-state index in [1.165, 1.54) is 11.1 Å². The van der Waals surface area contributed by atoms with E-state index in [1.807, 2.05) is 32.9 Å². The number of hydrogen-bond acceptors (Lipinski definition) is 3. The van der Waals surface area contributed by atoms with Crippen molar-refractivity contribution in [2.45, 2.75) is 46.4 Å². The average Bonchev–Trinajstić information content (AvgIpc) is 2.55. The van der Waals surface area contributed by atoms with Crippen LogP contribution < -0.4 is 14.8 Å². The summed E-state index contributed by atoms with van der Waals surface area (Å²) < 4.78 is 11.5. The molecule has 0 saturated carbocycles. The van der Waals surface area contributed by atoms with Gasteiger partial charge in [0.1, 0.15) is 0 Å². The third-order valence-electron chi connectivity index (χ3n) is 3.58. The molecule has 0 saturated heterocycles. The largest absolute Gasteiger partial charge is 0.490 e. The lowest BCUT2D eigenvalue weighted by atomic mass is 10.1. The van der Waals surface area contributed by atoms with Crippen molar-refractivity contribution >= 4 is 0 Å². The first-order chi connectivity index (χ1) is 11.1. The lowest BCUT2D eigenvalue weighted by molar-refractivity contribution is 0.223. The van der Waals surface area contributed by atoms with Crippen molar-refractivity contribution in [1.82, 2.24) is 5.32 Å². The minimum absolute atomic E-state index is 0.135. The van der Waals surface area contributed by atoms with Crippen LogP contribution in [0.25, 0.3) is 0 Å². The minimum atomic E-state index is 0.135. The van der Waals surface area contributed by atoms with Crippen molar-refractivity contribution in [3.63, 3.8) is 0 Å². The Hall–Kier alpha value is -2.00. The fraction of sp³-hybridized carbons (Fsp3) is 0.400. The number of nitrogens with one attached hydrogen (secondary N) is 1. The van der Waals surface area contributed by atoms with Crippen LogP contribution >= 0.6 is 0 Å². The van der Waals surface area contributed by atoms with Gasteiger partial charge in [-0.15, -0.1) is 0 Å². The fourth-order valence-corrected chi connectivity index (χ4v) is 2.41. The molecule has 3 nitrogen and oxygen atoms in total. The van der Waals surface area contributed by atoms with Crippen LogP contribution in [-0.2, 0) is 6.54 Å². The average molecular weight is 313 g/mol. The van der Waals surface area contributed by atoms with Crippen LogP contribution in [-0.4, -0.2) is 12.7 Å². The molecule has 0 heterocycles. The molecular weight excluding hydrogens is 286 g/mol. The molecule has 1 atom stereocenters. The Bertz CT molecular complexity index is 596. The highest BCUT2D eigenvalue weighted by Crippen LogP contribution is 2.29. The zero-order chi connectivity index (χ0) is 16.7. The molecule has 0 amide bonds. The van der Waals surface area contributed by atoms with Gasteiger partial charge in [0.05, 0.1) is 12.7 Å². The maximum absolute atomic E-state index is 5.80. The van der Waals surface area contributed by atoms with Crippen molar-refractivity contribution in [2.24, 2.45) is 0 Å². The topological polar surface area (TPSA) is 30.5 Å². The van der Waals surface area contributed by atoms with Gasteiger partial charge in [-0.25, -0.2) is 0 Å². The first kappa shape index (κ1) is 17.4. The first-order valence-corrected chi connectivity index (χ1v) is 8.30. The predicted molar refractivity (Wildman–Crippen MR) is 95.1 cm³/mol. The van der Waals surface area contributed by atoms with Gasteiger partial charge in [-0.2, -0.15) is 0 Å². The van der Waals surface area contributed by atoms with E-state index in [1.54, 1.807) is 0 Å². The van der Waals surface area contributed by atoms with Crippen LogP contribution in [0.1, 0.15) is 44.9 Å². The standard InChI is InChI=1S/C20H27NO2/c1-5-22-20-13-17(11-12-19(20)23-15(2)3)14-21-16(4)18-9-7-6-8-10-18/h6-13,15-16,21H,5,14H2,1-4H3/t16-/m1/s1. The molecule has 0 aromatic heterocycles. The van der Waals surface area contributed by atoms with Gasteiger partial charge in [-0.1, -0.05) is 36.4 Å². The third-order valence-corrected chi connectivity index (χ3v) is 3.58. The molecule has 2 aromatic rings. The van der Waals surface area contributed by atoms with Crippen LogP contribution in [0.2, 0.25) is 0 Å². The zero-order valence-electron chi connectivity index (χ0n) is 14.5. The Labute approximate surface area is 139 Å². The van der Waals surface area contributed by atoms with Gasteiger partial charge < -0.3 is 14.8 Å². The van der Waals surface area contributed by atoms with Gasteiger partial charge in [-0.05, 0) is 51.0 Å². The summed E-state index contributed by atoms with van der Waals surface area (Å²) in [6.07, 6.45) is 0.135. The Kier molecular flexibility index (Phi) is 6.48. The lowest BCUT2D eigenvalue weighted by Crippen LogP contribution is -2.18. The second kappa shape index (κ2) is 8.59. The van der Waals surface area contributed by atoms with Gasteiger partial charge in [-0.3, -0.25) is 0 Å². The van der Waals surface area contributed by atoms with E-state index in [2.05, 4.69) is 48.6 Å². The van der Waals surface area contributed by atoms with Gasteiger partial charge in [0, 0.05) is 12.6 Å². The van der Waals surface area contributed by atoms with Crippen LogP contribution in [0.15, 0.2) is 48.5 Å². The highest BCUT2D eigenvalue weighted by Gasteiger charge is 2.09. The number of benzene rings is 2. The summed E-state index contributed by atoms with van der Waals surface area (Å²) in [7, 11) is 0. The molecule has 0 bridgehead atoms. The van der Waals surface area contributed by atoms with Crippen LogP contribution in [0.5, 0.6) is 11.5 Å². The van der Waals surface area contributed by atoms with E-state index < -0.39 is 0 Å². The third kappa shape index (κ3) is 5.29. The van der Waals surface area contributed by atoms with Crippen molar-refractivity contribution in [3.8, 4) is 11.5 Å². The second-order valence-corrected chi connectivity index (χ2v) is 5.89. The second-order valence-electron chi connectivity index (χ2n) is 5.89. The molecule has 0 aliphatic heterocycles. The van der Waals surface area contributed by atoms with Gasteiger partial charge in [0.2, 0.25) is 0 Å². The summed E-state index contributed by atoms with van der Waals surface area (Å²) in [4.78, 5) is 0. The molecule has 3 heteroatoms. The Morgan fingerprint density at radius 2 is 1.70 bits per heavy atom. The first-order valence-electron chi connectivity index (χ1n) is 8.30. The quantitative estimate of drug-likeness (QED) is 0.764. The molecule has 0 radical (unpaired) electrons. The molecule has 1 N–H and O–H groups in total. The van der Waals surface area contributed by atoms with Crippen LogP contribution in [0.3, 0.4) is 0 Å². The molecule has 2 rings (SSSR count). The normalized spacial score (nSPS) is 12.2. The summed E-state index contributed by atoms with van der Waals surface area (Å²) in [5.74, 6) is 1.62. The van der Waals surface area contributed by atoms with Crippen LogP contribution in [0, 0.1) is 0 Å². The van der Waals surface area contributed by atoms with Crippen LogP contribution in [0.4, 0.5) is 0 Å². The fourth-order valence-electron chi connectivity index (χ4n) is 2.41. The van der Waals surface area contributed by atoms with Crippen molar-refractivity contribution in [3.05, 3.63) is 59.7 Å². The van der Waals surface area contributed by atoms with E-state index in [0.717, 1.165) is 18.0 Å². The maximum atomic E-state index is 5.80. The van der Waals surface area contributed by atoms with Gasteiger partial charge >= 0.3 is 0 Å². The molecule has 0 unspecified atom stereocenters. The summed E-state index contributed by atoms with van der Waals surface area (Å²) in [5.41, 5.74) is 2.48. The maximum Gasteiger partial charge on any atom is 0.161 e. The molecule has 0 fully saturated rings. The monoisotopic (exact) mass is 313 g/mol. The van der Waals surface area contributed by atoms with E-state index in [9.17, 15) is 0 Å². The van der Waals surface area contributed by atoms with E-state index in [-0.39, 0.29) is 6.10 Å². The van der Waals surface area contributed by atoms with E-state index >= 15 is 0 Å². The molecule has 0 spiro atoms. The number of ether oxygens (including phenoxy) is 2. The minimum Gasteiger partial charge on any atom is -0.490 e. The predicted octanol–water partition coefficient (Wildman–Crippen LogP) is 4.72. The van der Waals surface area contributed by atoms with E-state index in [0.29, 0.717) is 12.6 Å². The van der Waals surface area contributed by atoms with Crippen molar-refractivity contribution in [1.29, 1.82) is 0 Å². The molecule has 0 aliphatic carbocycles. The smallest absolute Gasteiger partial charge is 0.161 e. The number of hydrogen-bond donors (Lipinski definition) is 1.